The molecule has 6 rings (SSSR count). The fourth-order valence-corrected chi connectivity index (χ4v) is 4.96. The summed E-state index contributed by atoms with van der Waals surface area (Å²) < 4.78 is 13.8. The molecule has 3 aromatic heterocycles. The number of carbonyl (C=O) groups is 1. The summed E-state index contributed by atoms with van der Waals surface area (Å²) in [6.45, 7) is 7.66. The number of morpholine rings is 1. The minimum atomic E-state index is -0.153. The quantitative estimate of drug-likeness (QED) is 0.281. The van der Waals surface area contributed by atoms with Crippen molar-refractivity contribution in [1.82, 2.24) is 30.0 Å². The summed E-state index contributed by atoms with van der Waals surface area (Å²) in [5.74, 6) is 1.15. The molecule has 5 aromatic rings. The van der Waals surface area contributed by atoms with Gasteiger partial charge < -0.3 is 14.8 Å². The number of amides is 1. The van der Waals surface area contributed by atoms with Crippen molar-refractivity contribution in [3.8, 4) is 22.6 Å². The largest absolute Gasteiger partial charge is 0.456 e. The first-order valence-electron chi connectivity index (χ1n) is 13.8. The summed E-state index contributed by atoms with van der Waals surface area (Å²) in [5, 5.41) is 8.44. The summed E-state index contributed by atoms with van der Waals surface area (Å²) in [4.78, 5) is 24.0. The predicted molar refractivity (Wildman–Crippen MR) is 157 cm³/mol. The standard InChI is InChI=1S/C32H32N6O3/c1-23-27(32(39)35-20-24-7-10-33-11-8-24)3-2-4-30(23)41-31-9-12-34-29-19-25(5-6-28(29)31)26-21-36-38(22-26)14-13-37-15-17-40-18-16-37/h2-12,19,21-22H,13-18,20H2,1H3,(H,35,39). The van der Waals surface area contributed by atoms with E-state index in [1.54, 1.807) is 18.6 Å². The first-order valence-corrected chi connectivity index (χ1v) is 13.8. The number of fused-ring (bicyclic) bond motifs is 1. The minimum Gasteiger partial charge on any atom is -0.456 e. The molecule has 4 heterocycles. The molecule has 0 unspecified atom stereocenters. The zero-order chi connectivity index (χ0) is 28.0. The van der Waals surface area contributed by atoms with Crippen LogP contribution in [-0.4, -0.2) is 63.4 Å². The van der Waals surface area contributed by atoms with E-state index in [2.05, 4.69) is 43.6 Å². The Hall–Kier alpha value is -4.60. The number of carbonyl (C=O) groups excluding carboxylic acids is 1. The van der Waals surface area contributed by atoms with Gasteiger partial charge in [0.05, 0.1) is 31.5 Å². The molecule has 1 aliphatic heterocycles. The second-order valence-corrected chi connectivity index (χ2v) is 10.1. The maximum atomic E-state index is 12.9. The van der Waals surface area contributed by atoms with Gasteiger partial charge >= 0.3 is 0 Å². The van der Waals surface area contributed by atoms with E-state index >= 15 is 0 Å². The van der Waals surface area contributed by atoms with Crippen LogP contribution < -0.4 is 10.1 Å². The molecule has 0 spiro atoms. The van der Waals surface area contributed by atoms with Gasteiger partial charge in [0.2, 0.25) is 0 Å². The number of benzene rings is 2. The van der Waals surface area contributed by atoms with Crippen LogP contribution in [0, 0.1) is 6.92 Å². The van der Waals surface area contributed by atoms with E-state index in [4.69, 9.17) is 9.47 Å². The van der Waals surface area contributed by atoms with Crippen LogP contribution in [0.15, 0.2) is 85.6 Å². The Bertz CT molecular complexity index is 1650. The Morgan fingerprint density at radius 1 is 0.976 bits per heavy atom. The van der Waals surface area contributed by atoms with Gasteiger partial charge in [0.25, 0.3) is 5.91 Å². The second kappa shape index (κ2) is 12.3. The van der Waals surface area contributed by atoms with Gasteiger partial charge in [0.1, 0.15) is 11.5 Å². The van der Waals surface area contributed by atoms with Crippen LogP contribution in [0.1, 0.15) is 21.5 Å². The highest BCUT2D eigenvalue weighted by molar-refractivity contribution is 5.96. The minimum absolute atomic E-state index is 0.153. The van der Waals surface area contributed by atoms with Gasteiger partial charge in [-0.1, -0.05) is 12.1 Å². The SMILES string of the molecule is Cc1c(Oc2ccnc3cc(-c4cnn(CCN5CCOCC5)c4)ccc23)cccc1C(=O)NCc1ccncc1. The van der Waals surface area contributed by atoms with Gasteiger partial charge in [-0.05, 0) is 60.5 Å². The monoisotopic (exact) mass is 548 g/mol. The van der Waals surface area contributed by atoms with Crippen LogP contribution >= 0.6 is 0 Å². The second-order valence-electron chi connectivity index (χ2n) is 10.1. The average Bonchev–Trinajstić information content (AvgIpc) is 3.50. The van der Waals surface area contributed by atoms with Crippen LogP contribution in [0.4, 0.5) is 0 Å². The van der Waals surface area contributed by atoms with Crippen LogP contribution in [0.25, 0.3) is 22.0 Å². The van der Waals surface area contributed by atoms with E-state index in [-0.39, 0.29) is 5.91 Å². The molecule has 0 bridgehead atoms. The first-order chi connectivity index (χ1) is 20.1. The number of aromatic nitrogens is 4. The summed E-state index contributed by atoms with van der Waals surface area (Å²) >= 11 is 0. The maximum absolute atomic E-state index is 12.9. The molecule has 0 aliphatic carbocycles. The third-order valence-electron chi connectivity index (χ3n) is 7.37. The van der Waals surface area contributed by atoms with E-state index in [1.807, 2.05) is 60.3 Å². The molecule has 0 saturated carbocycles. The van der Waals surface area contributed by atoms with Crippen LogP contribution in [0.2, 0.25) is 0 Å². The van der Waals surface area contributed by atoms with Crippen LogP contribution in [0.5, 0.6) is 11.5 Å². The molecule has 9 nitrogen and oxygen atoms in total. The zero-order valence-electron chi connectivity index (χ0n) is 23.0. The lowest BCUT2D eigenvalue weighted by Crippen LogP contribution is -2.38. The molecule has 1 aliphatic rings. The highest BCUT2D eigenvalue weighted by atomic mass is 16.5. The van der Waals surface area contributed by atoms with Gasteiger partial charge in [-0.3, -0.25) is 24.3 Å². The van der Waals surface area contributed by atoms with Gasteiger partial charge in [-0.25, -0.2) is 0 Å². The Morgan fingerprint density at radius 3 is 2.68 bits per heavy atom. The Balaban J connectivity index is 1.16. The predicted octanol–water partition coefficient (Wildman–Crippen LogP) is 4.86. The fraction of sp³-hybridized carbons (Fsp3) is 0.250. The number of pyridine rings is 2. The van der Waals surface area contributed by atoms with E-state index < -0.39 is 0 Å². The molecule has 1 saturated heterocycles. The smallest absolute Gasteiger partial charge is 0.251 e. The molecule has 41 heavy (non-hydrogen) atoms. The maximum Gasteiger partial charge on any atom is 0.251 e. The fourth-order valence-electron chi connectivity index (χ4n) is 4.96. The number of rotatable bonds is 9. The lowest BCUT2D eigenvalue weighted by molar-refractivity contribution is 0.0360. The molecule has 0 atom stereocenters. The number of ether oxygens (including phenoxy) is 2. The van der Waals surface area contributed by atoms with E-state index in [0.29, 0.717) is 23.6 Å². The van der Waals surface area contributed by atoms with Crippen molar-refractivity contribution in [2.45, 2.75) is 20.0 Å². The lowest BCUT2D eigenvalue weighted by atomic mass is 10.1. The molecule has 1 N–H and O–H groups in total. The van der Waals surface area contributed by atoms with Crippen molar-refractivity contribution in [3.05, 3.63) is 102 Å². The Labute approximate surface area is 238 Å². The molecular weight excluding hydrogens is 516 g/mol. The van der Waals surface area contributed by atoms with Crippen molar-refractivity contribution < 1.29 is 14.3 Å². The zero-order valence-corrected chi connectivity index (χ0v) is 23.0. The number of hydrogen-bond donors (Lipinski definition) is 1. The summed E-state index contributed by atoms with van der Waals surface area (Å²) in [6, 6.07) is 17.3. The van der Waals surface area contributed by atoms with Crippen molar-refractivity contribution in [3.63, 3.8) is 0 Å². The Morgan fingerprint density at radius 2 is 1.83 bits per heavy atom. The van der Waals surface area contributed by atoms with E-state index in [0.717, 1.165) is 72.5 Å². The summed E-state index contributed by atoms with van der Waals surface area (Å²) in [6.07, 6.45) is 9.15. The molecule has 0 radical (unpaired) electrons. The Kier molecular flexibility index (Phi) is 7.97. The summed E-state index contributed by atoms with van der Waals surface area (Å²) in [7, 11) is 0. The average molecular weight is 549 g/mol. The normalized spacial score (nSPS) is 13.8. The molecule has 1 fully saturated rings. The van der Waals surface area contributed by atoms with Gasteiger partial charge in [0, 0.05) is 73.0 Å². The number of hydrogen-bond acceptors (Lipinski definition) is 7. The molecule has 9 heteroatoms. The van der Waals surface area contributed by atoms with Crippen molar-refractivity contribution in [2.75, 3.05) is 32.8 Å². The van der Waals surface area contributed by atoms with Crippen molar-refractivity contribution in [1.29, 1.82) is 0 Å². The highest BCUT2D eigenvalue weighted by Gasteiger charge is 2.15. The topological polar surface area (TPSA) is 94.4 Å². The lowest BCUT2D eigenvalue weighted by Gasteiger charge is -2.26. The van der Waals surface area contributed by atoms with Gasteiger partial charge in [-0.15, -0.1) is 0 Å². The number of nitrogens with one attached hydrogen (secondary N) is 1. The number of nitrogens with zero attached hydrogens (tertiary/aromatic N) is 5. The van der Waals surface area contributed by atoms with Crippen molar-refractivity contribution >= 4 is 16.8 Å². The third kappa shape index (κ3) is 6.26. The van der Waals surface area contributed by atoms with Crippen LogP contribution in [0.3, 0.4) is 0 Å². The van der Waals surface area contributed by atoms with Gasteiger partial charge in [0.15, 0.2) is 0 Å². The van der Waals surface area contributed by atoms with E-state index in [1.165, 1.54) is 0 Å². The summed E-state index contributed by atoms with van der Waals surface area (Å²) in [5.41, 5.74) is 5.24. The molecule has 208 valence electrons. The van der Waals surface area contributed by atoms with Gasteiger partial charge in [-0.2, -0.15) is 5.10 Å². The third-order valence-corrected chi connectivity index (χ3v) is 7.37. The van der Waals surface area contributed by atoms with E-state index in [9.17, 15) is 4.79 Å². The van der Waals surface area contributed by atoms with Crippen LogP contribution in [-0.2, 0) is 17.8 Å². The van der Waals surface area contributed by atoms with Crippen molar-refractivity contribution in [2.24, 2.45) is 0 Å². The first kappa shape index (κ1) is 26.6. The molecule has 1 amide bonds. The highest BCUT2D eigenvalue weighted by Crippen LogP contribution is 2.33. The molecular formula is C32H32N6O3. The molecule has 2 aromatic carbocycles.